The van der Waals surface area contributed by atoms with Crippen molar-refractivity contribution in [2.24, 2.45) is 0 Å². The second-order valence-electron chi connectivity index (χ2n) is 8.88. The molecular formula is C25H29N3O3. The van der Waals surface area contributed by atoms with Crippen molar-refractivity contribution in [2.45, 2.75) is 64.6 Å². The topological polar surface area (TPSA) is 76.1 Å². The third-order valence-corrected chi connectivity index (χ3v) is 6.76. The molecule has 1 saturated heterocycles. The number of carbonyl (C=O) groups excluding carboxylic acids is 1. The van der Waals surface area contributed by atoms with Gasteiger partial charge < -0.3 is 19.6 Å². The zero-order valence-electron chi connectivity index (χ0n) is 18.2. The average molecular weight is 420 g/mol. The van der Waals surface area contributed by atoms with Crippen LogP contribution in [0.25, 0.3) is 10.9 Å². The molecule has 0 radical (unpaired) electrons. The van der Waals surface area contributed by atoms with Crippen LogP contribution in [0, 0.1) is 13.8 Å². The van der Waals surface area contributed by atoms with Crippen LogP contribution in [0.5, 0.6) is 0 Å². The fourth-order valence-corrected chi connectivity index (χ4v) is 5.21. The number of nitrogens with one attached hydrogen (secondary N) is 2. The van der Waals surface area contributed by atoms with Crippen LogP contribution < -0.4 is 10.9 Å². The molecule has 1 aliphatic heterocycles. The summed E-state index contributed by atoms with van der Waals surface area (Å²) < 4.78 is 7.42. The molecule has 3 aromatic rings. The van der Waals surface area contributed by atoms with E-state index in [1.807, 2.05) is 32.0 Å². The van der Waals surface area contributed by atoms with E-state index in [2.05, 4.69) is 22.4 Å². The normalized spacial score (nSPS) is 20.7. The summed E-state index contributed by atoms with van der Waals surface area (Å²) in [5.41, 5.74) is 5.05. The number of aryl methyl sites for hydroxylation is 3. The number of para-hydroxylation sites is 1. The number of pyridine rings is 1. The van der Waals surface area contributed by atoms with E-state index in [1.54, 1.807) is 4.57 Å². The van der Waals surface area contributed by atoms with Gasteiger partial charge in [0.25, 0.3) is 11.5 Å². The van der Waals surface area contributed by atoms with Gasteiger partial charge in [-0.2, -0.15) is 0 Å². The van der Waals surface area contributed by atoms with Crippen molar-refractivity contribution in [3.8, 4) is 0 Å². The Morgan fingerprint density at radius 2 is 2.06 bits per heavy atom. The van der Waals surface area contributed by atoms with E-state index in [0.29, 0.717) is 6.54 Å². The van der Waals surface area contributed by atoms with E-state index in [-0.39, 0.29) is 29.2 Å². The lowest BCUT2D eigenvalue weighted by molar-refractivity contribution is 0.0913. The summed E-state index contributed by atoms with van der Waals surface area (Å²) in [7, 11) is 0. The Balaban J connectivity index is 1.46. The molecule has 0 unspecified atom stereocenters. The Hall–Kier alpha value is -2.86. The highest BCUT2D eigenvalue weighted by Crippen LogP contribution is 2.34. The lowest BCUT2D eigenvalue weighted by atomic mass is 9.91. The van der Waals surface area contributed by atoms with E-state index < -0.39 is 0 Å². The second kappa shape index (κ2) is 8.00. The smallest absolute Gasteiger partial charge is 0.263 e. The third kappa shape index (κ3) is 3.59. The standard InChI is InChI=1S/C25H29N3O3/c1-15-13-16(2)28(14-17-7-6-12-31-17)25(30)22(15)24(29)27-21-11-5-9-19-18-8-3-4-10-20(18)26-23(19)21/h3-4,8,10,13,17,21,26H,5-7,9,11-12,14H2,1-2H3,(H,27,29)/t17-,21+/m1/s1. The van der Waals surface area contributed by atoms with Gasteiger partial charge in [-0.1, -0.05) is 18.2 Å². The van der Waals surface area contributed by atoms with Gasteiger partial charge in [0.2, 0.25) is 0 Å². The first kappa shape index (κ1) is 20.1. The first-order chi connectivity index (χ1) is 15.0. The Morgan fingerprint density at radius 1 is 1.23 bits per heavy atom. The summed E-state index contributed by atoms with van der Waals surface area (Å²) in [6.45, 7) is 5.00. The minimum atomic E-state index is -0.292. The van der Waals surface area contributed by atoms with Crippen molar-refractivity contribution in [1.29, 1.82) is 0 Å². The molecule has 1 aromatic carbocycles. The molecule has 3 heterocycles. The molecule has 0 bridgehead atoms. The Morgan fingerprint density at radius 3 is 2.87 bits per heavy atom. The summed E-state index contributed by atoms with van der Waals surface area (Å²) in [6, 6.07) is 10.1. The molecule has 6 heteroatoms. The highest BCUT2D eigenvalue weighted by atomic mass is 16.5. The molecular weight excluding hydrogens is 390 g/mol. The number of H-pyrrole nitrogens is 1. The van der Waals surface area contributed by atoms with Gasteiger partial charge in [0.15, 0.2) is 0 Å². The molecule has 31 heavy (non-hydrogen) atoms. The molecule has 2 aromatic heterocycles. The number of hydrogen-bond donors (Lipinski definition) is 2. The zero-order valence-corrected chi connectivity index (χ0v) is 18.2. The van der Waals surface area contributed by atoms with Crippen LogP contribution in [0.15, 0.2) is 35.1 Å². The number of rotatable bonds is 4. The Bertz CT molecular complexity index is 1200. The molecule has 0 spiro atoms. The van der Waals surface area contributed by atoms with Crippen LogP contribution in [0.1, 0.15) is 64.6 Å². The largest absolute Gasteiger partial charge is 0.376 e. The zero-order chi connectivity index (χ0) is 21.5. The van der Waals surface area contributed by atoms with Crippen molar-refractivity contribution in [3.63, 3.8) is 0 Å². The lowest BCUT2D eigenvalue weighted by Gasteiger charge is -2.24. The Labute approximate surface area is 181 Å². The molecule has 1 amide bonds. The van der Waals surface area contributed by atoms with Crippen molar-refractivity contribution in [3.05, 3.63) is 68.8 Å². The van der Waals surface area contributed by atoms with Gasteiger partial charge >= 0.3 is 0 Å². The second-order valence-corrected chi connectivity index (χ2v) is 8.88. The monoisotopic (exact) mass is 419 g/mol. The first-order valence-corrected chi connectivity index (χ1v) is 11.3. The minimum Gasteiger partial charge on any atom is -0.376 e. The van der Waals surface area contributed by atoms with E-state index in [4.69, 9.17) is 4.74 Å². The maximum Gasteiger partial charge on any atom is 0.263 e. The maximum atomic E-state index is 13.3. The summed E-state index contributed by atoms with van der Waals surface area (Å²) in [6.07, 6.45) is 4.89. The summed E-state index contributed by atoms with van der Waals surface area (Å²) in [5.74, 6) is -0.292. The van der Waals surface area contributed by atoms with Gasteiger partial charge in [-0.25, -0.2) is 0 Å². The van der Waals surface area contributed by atoms with Crippen LogP contribution in [0.2, 0.25) is 0 Å². The Kier molecular flexibility index (Phi) is 5.18. The number of carbonyl (C=O) groups is 1. The minimum absolute atomic E-state index is 0.0438. The van der Waals surface area contributed by atoms with E-state index in [0.717, 1.165) is 61.2 Å². The van der Waals surface area contributed by atoms with Crippen LogP contribution in [-0.2, 0) is 17.7 Å². The van der Waals surface area contributed by atoms with Crippen LogP contribution >= 0.6 is 0 Å². The van der Waals surface area contributed by atoms with Crippen LogP contribution in [0.3, 0.4) is 0 Å². The number of fused-ring (bicyclic) bond motifs is 3. The molecule has 0 saturated carbocycles. The van der Waals surface area contributed by atoms with Crippen molar-refractivity contribution >= 4 is 16.8 Å². The lowest BCUT2D eigenvalue weighted by Crippen LogP contribution is -2.39. The highest BCUT2D eigenvalue weighted by molar-refractivity contribution is 5.96. The number of nitrogens with zero attached hydrogens (tertiary/aromatic N) is 1. The van der Waals surface area contributed by atoms with Gasteiger partial charge in [0, 0.05) is 28.9 Å². The number of benzene rings is 1. The van der Waals surface area contributed by atoms with E-state index in [1.165, 1.54) is 10.9 Å². The predicted molar refractivity (Wildman–Crippen MR) is 121 cm³/mol. The number of aromatic amines is 1. The number of hydrogen-bond acceptors (Lipinski definition) is 3. The number of ether oxygens (including phenoxy) is 1. The third-order valence-electron chi connectivity index (χ3n) is 6.76. The van der Waals surface area contributed by atoms with Gasteiger partial charge in [-0.05, 0) is 69.2 Å². The molecule has 2 aliphatic rings. The highest BCUT2D eigenvalue weighted by Gasteiger charge is 2.28. The van der Waals surface area contributed by atoms with Crippen LogP contribution in [0.4, 0.5) is 0 Å². The molecule has 2 N–H and O–H groups in total. The molecule has 1 aliphatic carbocycles. The summed E-state index contributed by atoms with van der Waals surface area (Å²) in [4.78, 5) is 30.1. The molecule has 5 rings (SSSR count). The maximum absolute atomic E-state index is 13.3. The molecule has 6 nitrogen and oxygen atoms in total. The van der Waals surface area contributed by atoms with Crippen molar-refractivity contribution < 1.29 is 9.53 Å². The first-order valence-electron chi connectivity index (χ1n) is 11.3. The fourth-order valence-electron chi connectivity index (χ4n) is 5.21. The van der Waals surface area contributed by atoms with Gasteiger partial charge in [-0.3, -0.25) is 9.59 Å². The van der Waals surface area contributed by atoms with Gasteiger partial charge in [-0.15, -0.1) is 0 Å². The van der Waals surface area contributed by atoms with Gasteiger partial charge in [0.05, 0.1) is 18.7 Å². The number of amides is 1. The number of aromatic nitrogens is 2. The van der Waals surface area contributed by atoms with Crippen LogP contribution in [-0.4, -0.2) is 28.2 Å². The summed E-state index contributed by atoms with van der Waals surface area (Å²) in [5, 5.41) is 4.38. The fraction of sp³-hybridized carbons (Fsp3) is 0.440. The molecule has 1 fully saturated rings. The quantitative estimate of drug-likeness (QED) is 0.673. The molecule has 162 valence electrons. The summed E-state index contributed by atoms with van der Waals surface area (Å²) >= 11 is 0. The van der Waals surface area contributed by atoms with Gasteiger partial charge in [0.1, 0.15) is 5.56 Å². The van der Waals surface area contributed by atoms with E-state index in [9.17, 15) is 9.59 Å². The molecule has 2 atom stereocenters. The van der Waals surface area contributed by atoms with E-state index >= 15 is 0 Å². The van der Waals surface area contributed by atoms with Crippen molar-refractivity contribution in [2.75, 3.05) is 6.61 Å². The predicted octanol–water partition coefficient (Wildman–Crippen LogP) is 3.93. The van der Waals surface area contributed by atoms with Crippen molar-refractivity contribution in [1.82, 2.24) is 14.9 Å². The average Bonchev–Trinajstić information content (AvgIpc) is 3.39. The SMILES string of the molecule is Cc1cc(C)n(C[C@H]2CCCO2)c(=O)c1C(=O)N[C@H]1CCCc2c1[nH]c1ccccc21.